The second-order valence-electron chi connectivity index (χ2n) is 4.92. The first-order valence-electron chi connectivity index (χ1n) is 7.30. The molecule has 126 valence electrons. The van der Waals surface area contributed by atoms with Gasteiger partial charge in [0, 0.05) is 17.6 Å². The van der Waals surface area contributed by atoms with Crippen LogP contribution in [-0.2, 0) is 0 Å². The van der Waals surface area contributed by atoms with Crippen LogP contribution in [0.3, 0.4) is 0 Å². The molecule has 0 radical (unpaired) electrons. The van der Waals surface area contributed by atoms with E-state index in [0.29, 0.717) is 12.2 Å². The highest BCUT2D eigenvalue weighted by Gasteiger charge is 2.16. The van der Waals surface area contributed by atoms with Crippen LogP contribution in [0.5, 0.6) is 0 Å². The van der Waals surface area contributed by atoms with E-state index >= 15 is 0 Å². The summed E-state index contributed by atoms with van der Waals surface area (Å²) in [5, 5.41) is 14.2. The number of nitrogens with one attached hydrogen (secondary N) is 2. The van der Waals surface area contributed by atoms with Gasteiger partial charge in [0.2, 0.25) is 0 Å². The van der Waals surface area contributed by atoms with Crippen molar-refractivity contribution in [1.82, 2.24) is 25.6 Å². The molecule has 0 atom stereocenters. The van der Waals surface area contributed by atoms with Crippen LogP contribution in [0.2, 0.25) is 0 Å². The van der Waals surface area contributed by atoms with Crippen molar-refractivity contribution < 1.29 is 4.79 Å². The van der Waals surface area contributed by atoms with E-state index in [1.165, 1.54) is 0 Å². The molecule has 1 aromatic carbocycles. The zero-order chi connectivity index (χ0) is 15.9. The number of carbonyl (C=O) groups is 1. The van der Waals surface area contributed by atoms with Gasteiger partial charge in [-0.05, 0) is 38.1 Å². The highest BCUT2D eigenvalue weighted by molar-refractivity contribution is 9.10. The molecule has 1 aromatic heterocycles. The fourth-order valence-corrected chi connectivity index (χ4v) is 2.43. The van der Waals surface area contributed by atoms with Gasteiger partial charge in [0.25, 0.3) is 5.91 Å². The zero-order valence-electron chi connectivity index (χ0n) is 13.2. The summed E-state index contributed by atoms with van der Waals surface area (Å²) in [4.78, 5) is 12.1. The summed E-state index contributed by atoms with van der Waals surface area (Å²) >= 11 is 3.43. The molecule has 0 aliphatic rings. The standard InChI is InChI=1S/C15H20BrN5O.ClH/c1-3-7-17-8-9-18-15(22)14-11(2)21(20-19-14)13-6-4-5-12(16)10-13;/h4-6,10,17H,3,7-9H2,1-2H3,(H,18,22);1H. The fraction of sp³-hybridized carbons (Fsp3) is 0.400. The SMILES string of the molecule is CCCNCCNC(=O)c1nnn(-c2cccc(Br)c2)c1C.Cl. The Bertz CT molecular complexity index is 647. The number of amides is 1. The quantitative estimate of drug-likeness (QED) is 0.698. The lowest BCUT2D eigenvalue weighted by molar-refractivity contribution is 0.0948. The van der Waals surface area contributed by atoms with Crippen molar-refractivity contribution in [2.75, 3.05) is 19.6 Å². The molecular weight excluding hydrogens is 382 g/mol. The van der Waals surface area contributed by atoms with Gasteiger partial charge in [0.15, 0.2) is 5.69 Å². The van der Waals surface area contributed by atoms with Crippen molar-refractivity contribution >= 4 is 34.2 Å². The van der Waals surface area contributed by atoms with Crippen molar-refractivity contribution in [2.24, 2.45) is 0 Å². The van der Waals surface area contributed by atoms with Gasteiger partial charge in [0.1, 0.15) is 0 Å². The fourth-order valence-electron chi connectivity index (χ4n) is 2.04. The third-order valence-corrected chi connectivity index (χ3v) is 3.67. The number of nitrogens with zero attached hydrogens (tertiary/aromatic N) is 3. The molecule has 2 aromatic rings. The topological polar surface area (TPSA) is 71.8 Å². The van der Waals surface area contributed by atoms with Crippen LogP contribution in [-0.4, -0.2) is 40.5 Å². The summed E-state index contributed by atoms with van der Waals surface area (Å²) < 4.78 is 2.61. The van der Waals surface area contributed by atoms with Crippen molar-refractivity contribution in [3.05, 3.63) is 40.1 Å². The molecule has 1 heterocycles. The molecule has 6 nitrogen and oxygen atoms in total. The molecule has 0 fully saturated rings. The van der Waals surface area contributed by atoms with Crippen LogP contribution >= 0.6 is 28.3 Å². The number of hydrogen-bond acceptors (Lipinski definition) is 4. The largest absolute Gasteiger partial charge is 0.349 e. The Kier molecular flexibility index (Phi) is 8.22. The van der Waals surface area contributed by atoms with Crippen LogP contribution in [0.1, 0.15) is 29.5 Å². The van der Waals surface area contributed by atoms with Crippen molar-refractivity contribution in [1.29, 1.82) is 0 Å². The Balaban J connectivity index is 0.00000264. The van der Waals surface area contributed by atoms with Gasteiger partial charge in [-0.2, -0.15) is 0 Å². The molecule has 0 bridgehead atoms. The van der Waals surface area contributed by atoms with E-state index in [4.69, 9.17) is 0 Å². The van der Waals surface area contributed by atoms with E-state index in [9.17, 15) is 4.79 Å². The minimum absolute atomic E-state index is 0. The molecule has 2 rings (SSSR count). The van der Waals surface area contributed by atoms with Crippen LogP contribution < -0.4 is 10.6 Å². The van der Waals surface area contributed by atoms with Gasteiger partial charge < -0.3 is 10.6 Å². The van der Waals surface area contributed by atoms with E-state index in [1.54, 1.807) is 4.68 Å². The van der Waals surface area contributed by atoms with E-state index in [1.807, 2.05) is 31.2 Å². The number of rotatable bonds is 7. The van der Waals surface area contributed by atoms with Crippen LogP contribution in [0.4, 0.5) is 0 Å². The van der Waals surface area contributed by atoms with Gasteiger partial charge in [-0.25, -0.2) is 4.68 Å². The van der Waals surface area contributed by atoms with Crippen LogP contribution in [0.15, 0.2) is 28.7 Å². The first-order chi connectivity index (χ1) is 10.6. The monoisotopic (exact) mass is 401 g/mol. The van der Waals surface area contributed by atoms with E-state index < -0.39 is 0 Å². The van der Waals surface area contributed by atoms with E-state index in [-0.39, 0.29) is 18.3 Å². The molecule has 0 aliphatic heterocycles. The number of halogens is 2. The second-order valence-corrected chi connectivity index (χ2v) is 5.84. The predicted octanol–water partition coefficient (Wildman–Crippen LogP) is 2.49. The molecule has 0 aliphatic carbocycles. The minimum Gasteiger partial charge on any atom is -0.349 e. The number of hydrogen-bond donors (Lipinski definition) is 2. The third-order valence-electron chi connectivity index (χ3n) is 3.18. The summed E-state index contributed by atoms with van der Waals surface area (Å²) in [6.45, 7) is 6.22. The summed E-state index contributed by atoms with van der Waals surface area (Å²) in [6.07, 6.45) is 1.08. The summed E-state index contributed by atoms with van der Waals surface area (Å²) in [5.41, 5.74) is 1.94. The molecule has 1 amide bonds. The molecule has 0 unspecified atom stereocenters. The third kappa shape index (κ3) is 5.30. The number of carbonyl (C=O) groups excluding carboxylic acids is 1. The summed E-state index contributed by atoms with van der Waals surface area (Å²) in [6, 6.07) is 7.70. The van der Waals surface area contributed by atoms with Crippen molar-refractivity contribution in [3.63, 3.8) is 0 Å². The molecule has 0 saturated heterocycles. The van der Waals surface area contributed by atoms with Crippen molar-refractivity contribution in [3.8, 4) is 5.69 Å². The highest BCUT2D eigenvalue weighted by atomic mass is 79.9. The molecule has 8 heteroatoms. The first kappa shape index (κ1) is 19.6. The Morgan fingerprint density at radius 3 is 2.78 bits per heavy atom. The molecule has 2 N–H and O–H groups in total. The van der Waals surface area contributed by atoms with Gasteiger partial charge in [-0.3, -0.25) is 4.79 Å². The van der Waals surface area contributed by atoms with Gasteiger partial charge >= 0.3 is 0 Å². The predicted molar refractivity (Wildman–Crippen MR) is 96.5 cm³/mol. The lowest BCUT2D eigenvalue weighted by Gasteiger charge is -2.06. The minimum atomic E-state index is -0.197. The van der Waals surface area contributed by atoms with Gasteiger partial charge in [-0.1, -0.05) is 34.1 Å². The molecule has 23 heavy (non-hydrogen) atoms. The lowest BCUT2D eigenvalue weighted by atomic mass is 10.3. The lowest BCUT2D eigenvalue weighted by Crippen LogP contribution is -2.32. The van der Waals surface area contributed by atoms with E-state index in [2.05, 4.69) is 43.8 Å². The molecule has 0 spiro atoms. The Labute approximate surface area is 150 Å². The van der Waals surface area contributed by atoms with Crippen LogP contribution in [0.25, 0.3) is 5.69 Å². The Morgan fingerprint density at radius 1 is 1.30 bits per heavy atom. The van der Waals surface area contributed by atoms with Gasteiger partial charge in [-0.15, -0.1) is 17.5 Å². The van der Waals surface area contributed by atoms with Crippen molar-refractivity contribution in [2.45, 2.75) is 20.3 Å². The summed E-state index contributed by atoms with van der Waals surface area (Å²) in [5.74, 6) is -0.197. The molecule has 0 saturated carbocycles. The van der Waals surface area contributed by atoms with Crippen LogP contribution in [0, 0.1) is 6.92 Å². The summed E-state index contributed by atoms with van der Waals surface area (Å²) in [7, 11) is 0. The average molecular weight is 403 g/mol. The Hall–Kier alpha value is -1.44. The number of aromatic nitrogens is 3. The second kappa shape index (κ2) is 9.64. The highest BCUT2D eigenvalue weighted by Crippen LogP contribution is 2.17. The zero-order valence-corrected chi connectivity index (χ0v) is 15.6. The average Bonchev–Trinajstić information content (AvgIpc) is 2.88. The first-order valence-corrected chi connectivity index (χ1v) is 8.10. The number of benzene rings is 1. The smallest absolute Gasteiger partial charge is 0.273 e. The Morgan fingerprint density at radius 2 is 2.09 bits per heavy atom. The normalized spacial score (nSPS) is 10.2. The van der Waals surface area contributed by atoms with E-state index in [0.717, 1.165) is 35.4 Å². The maximum absolute atomic E-state index is 12.1. The maximum atomic E-state index is 12.1. The van der Waals surface area contributed by atoms with Gasteiger partial charge in [0.05, 0.1) is 11.4 Å². The maximum Gasteiger partial charge on any atom is 0.273 e. The molecular formula is C15H21BrClN5O.